The van der Waals surface area contributed by atoms with E-state index < -0.39 is 0 Å². The molecule has 0 unspecified atom stereocenters. The van der Waals surface area contributed by atoms with Crippen LogP contribution in [0.4, 0.5) is 16.3 Å². The zero-order chi connectivity index (χ0) is 23.8. The van der Waals surface area contributed by atoms with Crippen LogP contribution < -0.4 is 24.0 Å². The molecule has 0 radical (unpaired) electrons. The second-order valence-electron chi connectivity index (χ2n) is 8.81. The topological polar surface area (TPSA) is 89.5 Å². The van der Waals surface area contributed by atoms with Crippen molar-refractivity contribution in [3.63, 3.8) is 0 Å². The van der Waals surface area contributed by atoms with E-state index in [2.05, 4.69) is 19.8 Å². The van der Waals surface area contributed by atoms with Crippen molar-refractivity contribution in [3.8, 4) is 17.2 Å². The monoisotopic (exact) mass is 477 g/mol. The second kappa shape index (κ2) is 9.10. The third kappa shape index (κ3) is 4.25. The fourth-order valence-electron chi connectivity index (χ4n) is 4.86. The Morgan fingerprint density at radius 2 is 1.83 bits per heavy atom. The van der Waals surface area contributed by atoms with E-state index in [0.29, 0.717) is 37.8 Å². The van der Waals surface area contributed by atoms with E-state index in [-0.39, 0.29) is 12.2 Å². The van der Waals surface area contributed by atoms with E-state index in [1.54, 1.807) is 18.3 Å². The molecule has 3 aromatic rings. The number of hydrogen-bond acceptors (Lipinski definition) is 9. The molecule has 10 nitrogen and oxygen atoms in total. The van der Waals surface area contributed by atoms with Gasteiger partial charge in [-0.2, -0.15) is 0 Å². The van der Waals surface area contributed by atoms with Crippen LogP contribution in [-0.4, -0.2) is 86.7 Å². The van der Waals surface area contributed by atoms with Gasteiger partial charge in [-0.25, -0.2) is 14.8 Å². The van der Waals surface area contributed by atoms with Gasteiger partial charge in [0, 0.05) is 44.2 Å². The summed E-state index contributed by atoms with van der Waals surface area (Å²) in [6.07, 6.45) is 1.10. The van der Waals surface area contributed by atoms with Gasteiger partial charge in [-0.05, 0) is 30.3 Å². The summed E-state index contributed by atoms with van der Waals surface area (Å²) < 4.78 is 22.3. The van der Waals surface area contributed by atoms with Crippen molar-refractivity contribution in [1.82, 2.24) is 14.9 Å². The number of aromatic nitrogens is 2. The van der Waals surface area contributed by atoms with Gasteiger partial charge >= 0.3 is 6.09 Å². The number of nitrogens with zero attached hydrogens (tertiary/aromatic N) is 5. The largest absolute Gasteiger partial charge is 0.497 e. The lowest BCUT2D eigenvalue weighted by atomic mass is 10.2. The Hall–Kier alpha value is -3.79. The summed E-state index contributed by atoms with van der Waals surface area (Å²) in [4.78, 5) is 27.8. The lowest BCUT2D eigenvalue weighted by Gasteiger charge is -2.36. The van der Waals surface area contributed by atoms with Gasteiger partial charge in [0.05, 0.1) is 24.9 Å². The summed E-state index contributed by atoms with van der Waals surface area (Å²) in [5.74, 6) is 3.08. The number of hydrogen-bond donors (Lipinski definition) is 0. The first-order valence-electron chi connectivity index (χ1n) is 11.8. The van der Waals surface area contributed by atoms with Crippen LogP contribution in [0.25, 0.3) is 10.9 Å². The zero-order valence-electron chi connectivity index (χ0n) is 19.6. The molecule has 6 rings (SSSR count). The first-order valence-corrected chi connectivity index (χ1v) is 11.8. The number of ether oxygens (including phenoxy) is 4. The molecule has 10 heteroatoms. The van der Waals surface area contributed by atoms with Gasteiger partial charge in [0.2, 0.25) is 0 Å². The van der Waals surface area contributed by atoms with Crippen molar-refractivity contribution in [3.05, 3.63) is 42.7 Å². The molecule has 2 fully saturated rings. The maximum absolute atomic E-state index is 12.6. The quantitative estimate of drug-likeness (QED) is 0.550. The minimum absolute atomic E-state index is 0.189. The van der Waals surface area contributed by atoms with E-state index in [1.807, 2.05) is 36.4 Å². The van der Waals surface area contributed by atoms with Crippen molar-refractivity contribution in [2.45, 2.75) is 6.10 Å². The van der Waals surface area contributed by atoms with Crippen LogP contribution in [0.5, 0.6) is 17.2 Å². The molecule has 2 saturated heterocycles. The van der Waals surface area contributed by atoms with Crippen molar-refractivity contribution in [2.75, 3.05) is 69.4 Å². The maximum atomic E-state index is 12.6. The van der Waals surface area contributed by atoms with Crippen LogP contribution in [0.3, 0.4) is 0 Å². The van der Waals surface area contributed by atoms with Crippen LogP contribution in [0.2, 0.25) is 0 Å². The fraction of sp³-hybridized carbons (Fsp3) is 0.400. The molecule has 182 valence electrons. The number of methoxy groups -OCH3 is 1. The van der Waals surface area contributed by atoms with Crippen molar-refractivity contribution >= 4 is 28.5 Å². The number of piperazine rings is 1. The highest BCUT2D eigenvalue weighted by Crippen LogP contribution is 2.35. The Morgan fingerprint density at radius 1 is 1.00 bits per heavy atom. The van der Waals surface area contributed by atoms with E-state index in [1.165, 1.54) is 0 Å². The SMILES string of the molecule is COc1ccc2ncnc(N3CCN(C[C@H]4CN(c5ccc6c(c5)OCCO6)C(=O)O4)CC3)c2c1. The maximum Gasteiger partial charge on any atom is 0.414 e. The Balaban J connectivity index is 1.08. The molecule has 0 aliphatic carbocycles. The van der Waals surface area contributed by atoms with Gasteiger partial charge < -0.3 is 23.8 Å². The van der Waals surface area contributed by atoms with Crippen LogP contribution in [-0.2, 0) is 4.74 Å². The summed E-state index contributed by atoms with van der Waals surface area (Å²) in [5, 5.41) is 0.986. The number of cyclic esters (lactones) is 1. The molecule has 4 heterocycles. The van der Waals surface area contributed by atoms with Gasteiger partial charge in [-0.3, -0.25) is 9.80 Å². The lowest BCUT2D eigenvalue weighted by Crippen LogP contribution is -2.49. The van der Waals surface area contributed by atoms with Crippen LogP contribution in [0, 0.1) is 0 Å². The third-order valence-electron chi connectivity index (χ3n) is 6.67. The van der Waals surface area contributed by atoms with Gasteiger partial charge in [0.15, 0.2) is 11.5 Å². The Morgan fingerprint density at radius 3 is 2.66 bits per heavy atom. The average Bonchev–Trinajstić information content (AvgIpc) is 3.27. The third-order valence-corrected chi connectivity index (χ3v) is 6.67. The number of amides is 1. The van der Waals surface area contributed by atoms with E-state index in [0.717, 1.165) is 54.3 Å². The van der Waals surface area contributed by atoms with Crippen LogP contribution in [0.1, 0.15) is 0 Å². The first kappa shape index (κ1) is 21.7. The molecule has 0 saturated carbocycles. The fourth-order valence-corrected chi connectivity index (χ4v) is 4.86. The molecule has 1 amide bonds. The van der Waals surface area contributed by atoms with Gasteiger partial charge in [0.1, 0.15) is 37.2 Å². The van der Waals surface area contributed by atoms with Crippen molar-refractivity contribution in [1.29, 1.82) is 0 Å². The molecule has 2 aromatic carbocycles. The number of fused-ring (bicyclic) bond motifs is 2. The highest BCUT2D eigenvalue weighted by molar-refractivity contribution is 5.91. The molecular weight excluding hydrogens is 450 g/mol. The number of benzene rings is 2. The normalized spacial score (nSPS) is 20.3. The summed E-state index contributed by atoms with van der Waals surface area (Å²) >= 11 is 0. The summed E-state index contributed by atoms with van der Waals surface area (Å²) in [6, 6.07) is 11.4. The number of rotatable bonds is 5. The Kier molecular flexibility index (Phi) is 5.65. The molecule has 35 heavy (non-hydrogen) atoms. The molecule has 1 aromatic heterocycles. The summed E-state index contributed by atoms with van der Waals surface area (Å²) in [5.41, 5.74) is 1.66. The summed E-state index contributed by atoms with van der Waals surface area (Å²) in [6.45, 7) is 5.61. The zero-order valence-corrected chi connectivity index (χ0v) is 19.6. The second-order valence-corrected chi connectivity index (χ2v) is 8.81. The number of anilines is 2. The molecule has 1 atom stereocenters. The smallest absolute Gasteiger partial charge is 0.414 e. The molecule has 0 spiro atoms. The average molecular weight is 478 g/mol. The summed E-state index contributed by atoms with van der Waals surface area (Å²) in [7, 11) is 1.66. The Bertz CT molecular complexity index is 1250. The number of carbonyl (C=O) groups is 1. The van der Waals surface area contributed by atoms with Gasteiger partial charge in [-0.15, -0.1) is 0 Å². The minimum atomic E-state index is -0.327. The standard InChI is InChI=1S/C25H27N5O5/c1-32-18-3-4-21-20(13-18)24(27-16-26-21)29-8-6-28(7-9-29)14-19-15-30(25(31)35-19)17-2-5-22-23(12-17)34-11-10-33-22/h2-5,12-13,16,19H,6-11,14-15H2,1H3/t19-/m0/s1. The van der Waals surface area contributed by atoms with E-state index in [9.17, 15) is 4.79 Å². The van der Waals surface area contributed by atoms with Gasteiger partial charge in [0.25, 0.3) is 0 Å². The minimum Gasteiger partial charge on any atom is -0.497 e. The lowest BCUT2D eigenvalue weighted by molar-refractivity contribution is 0.106. The van der Waals surface area contributed by atoms with Crippen LogP contribution in [0.15, 0.2) is 42.7 Å². The molecule has 3 aliphatic heterocycles. The predicted molar refractivity (Wildman–Crippen MR) is 130 cm³/mol. The molecular formula is C25H27N5O5. The molecule has 0 N–H and O–H groups in total. The molecule has 3 aliphatic rings. The van der Waals surface area contributed by atoms with Gasteiger partial charge in [-0.1, -0.05) is 0 Å². The highest BCUT2D eigenvalue weighted by atomic mass is 16.6. The Labute approximate surface area is 203 Å². The highest BCUT2D eigenvalue weighted by Gasteiger charge is 2.35. The first-order chi connectivity index (χ1) is 17.2. The van der Waals surface area contributed by atoms with E-state index >= 15 is 0 Å². The molecule has 0 bridgehead atoms. The number of carbonyl (C=O) groups excluding carboxylic acids is 1. The van der Waals surface area contributed by atoms with Crippen molar-refractivity contribution < 1.29 is 23.7 Å². The van der Waals surface area contributed by atoms with Crippen LogP contribution >= 0.6 is 0 Å². The van der Waals surface area contributed by atoms with Crippen molar-refractivity contribution in [2.24, 2.45) is 0 Å². The predicted octanol–water partition coefficient (Wildman–Crippen LogP) is 2.56. The van der Waals surface area contributed by atoms with E-state index in [4.69, 9.17) is 18.9 Å².